The minimum atomic E-state index is -0.792. The van der Waals surface area contributed by atoms with Gasteiger partial charge in [0, 0.05) is 0 Å². The molecule has 2 aromatic carbocycles. The van der Waals surface area contributed by atoms with E-state index < -0.39 is 35.6 Å². The molecular formula is C27H30N2O8. The Hall–Kier alpha value is -4.28. The quantitative estimate of drug-likeness (QED) is 0.188. The molecule has 0 aliphatic heterocycles. The number of rotatable bonds is 12. The van der Waals surface area contributed by atoms with Crippen LogP contribution in [0.2, 0.25) is 0 Å². The number of ketones is 2. The van der Waals surface area contributed by atoms with Gasteiger partial charge in [0.15, 0.2) is 34.6 Å². The lowest BCUT2D eigenvalue weighted by Gasteiger charge is -2.11. The molecule has 0 heterocycles. The van der Waals surface area contributed by atoms with Crippen LogP contribution in [0.4, 0.5) is 0 Å². The molecular weight excluding hydrogens is 480 g/mol. The first-order chi connectivity index (χ1) is 17.5. The highest BCUT2D eigenvalue weighted by molar-refractivity contribution is 6.10. The van der Waals surface area contributed by atoms with Gasteiger partial charge in [0.2, 0.25) is 0 Å². The second kappa shape index (κ2) is 13.7. The van der Waals surface area contributed by atoms with Crippen molar-refractivity contribution in [1.29, 1.82) is 0 Å². The summed E-state index contributed by atoms with van der Waals surface area (Å²) in [5.74, 6) is -1.05. The maximum atomic E-state index is 12.2. The van der Waals surface area contributed by atoms with Crippen molar-refractivity contribution in [2.75, 3.05) is 14.2 Å². The fraction of sp³-hybridized carbons (Fsp3) is 0.259. The average molecular weight is 511 g/mol. The second-order valence-electron chi connectivity index (χ2n) is 8.02. The fourth-order valence-electron chi connectivity index (χ4n) is 2.81. The highest BCUT2D eigenvalue weighted by Crippen LogP contribution is 2.30. The number of carbonyl (C=O) groups is 4. The molecule has 0 aliphatic rings. The maximum Gasteiger partial charge on any atom is 0.328 e. The molecule has 196 valence electrons. The number of nitrogens with two attached hydrogens (primary N) is 2. The standard InChI is InChI=1S/C27H30N2O8/c1-16(28)26(32)36-22-11-7-18(13-24(22)34-3)5-9-20(30)15-21(31)10-6-19-8-12-23(25(14-19)35-4)37-27(33)17(2)29/h5-14,16-17H,15,28-29H2,1-4H3/b9-5+,10-6+/t16-,17-/m0/s1. The van der Waals surface area contributed by atoms with Crippen molar-refractivity contribution in [3.8, 4) is 23.0 Å². The summed E-state index contributed by atoms with van der Waals surface area (Å²) in [7, 11) is 2.83. The Bertz CT molecular complexity index is 1120. The zero-order chi connectivity index (χ0) is 27.5. The lowest BCUT2D eigenvalue weighted by atomic mass is 10.1. The summed E-state index contributed by atoms with van der Waals surface area (Å²) in [5, 5.41) is 0. The monoisotopic (exact) mass is 510 g/mol. The van der Waals surface area contributed by atoms with Crippen LogP contribution in [0.25, 0.3) is 12.2 Å². The number of methoxy groups -OCH3 is 2. The normalized spacial score (nSPS) is 12.7. The number of hydrogen-bond donors (Lipinski definition) is 2. The van der Waals surface area contributed by atoms with Crippen LogP contribution in [0.3, 0.4) is 0 Å². The van der Waals surface area contributed by atoms with Gasteiger partial charge in [-0.1, -0.05) is 24.3 Å². The van der Waals surface area contributed by atoms with Gasteiger partial charge in [-0.05, 0) is 61.4 Å². The van der Waals surface area contributed by atoms with E-state index in [0.717, 1.165) is 0 Å². The molecule has 0 saturated heterocycles. The number of allylic oxidation sites excluding steroid dienone is 2. The van der Waals surface area contributed by atoms with Crippen LogP contribution in [-0.2, 0) is 19.2 Å². The molecule has 10 nitrogen and oxygen atoms in total. The van der Waals surface area contributed by atoms with E-state index >= 15 is 0 Å². The fourth-order valence-corrected chi connectivity index (χ4v) is 2.81. The van der Waals surface area contributed by atoms with Crippen molar-refractivity contribution < 1.29 is 38.1 Å². The highest BCUT2D eigenvalue weighted by Gasteiger charge is 2.15. The summed E-state index contributed by atoms with van der Waals surface area (Å²) in [6.45, 7) is 3.01. The minimum Gasteiger partial charge on any atom is -0.493 e. The Morgan fingerprint density at radius 2 is 1.08 bits per heavy atom. The van der Waals surface area contributed by atoms with Gasteiger partial charge in [-0.2, -0.15) is 0 Å². The number of hydrogen-bond acceptors (Lipinski definition) is 10. The van der Waals surface area contributed by atoms with Crippen LogP contribution in [0, 0.1) is 0 Å². The number of ether oxygens (including phenoxy) is 4. The first-order valence-electron chi connectivity index (χ1n) is 11.3. The summed E-state index contributed by atoms with van der Waals surface area (Å²) in [4.78, 5) is 47.9. The smallest absolute Gasteiger partial charge is 0.328 e. The Labute approximate surface area is 214 Å². The van der Waals surface area contributed by atoms with E-state index in [9.17, 15) is 19.2 Å². The molecule has 0 saturated carbocycles. The molecule has 37 heavy (non-hydrogen) atoms. The van der Waals surface area contributed by atoms with Gasteiger partial charge < -0.3 is 30.4 Å². The third-order valence-corrected chi connectivity index (χ3v) is 4.81. The largest absolute Gasteiger partial charge is 0.493 e. The van der Waals surface area contributed by atoms with Crippen LogP contribution < -0.4 is 30.4 Å². The van der Waals surface area contributed by atoms with Gasteiger partial charge in [-0.15, -0.1) is 0 Å². The lowest BCUT2D eigenvalue weighted by Crippen LogP contribution is -2.30. The van der Waals surface area contributed by atoms with Crippen molar-refractivity contribution in [1.82, 2.24) is 0 Å². The molecule has 0 aliphatic carbocycles. The third-order valence-electron chi connectivity index (χ3n) is 4.81. The Kier molecular flexibility index (Phi) is 10.7. The summed E-state index contributed by atoms with van der Waals surface area (Å²) in [6.07, 6.45) is 5.26. The SMILES string of the molecule is COc1cc(/C=C/C(=O)CC(=O)/C=C/c2ccc(OC(=O)[C@H](C)N)c(OC)c2)ccc1OC(=O)[C@H](C)N. The van der Waals surface area contributed by atoms with Crippen molar-refractivity contribution in [3.63, 3.8) is 0 Å². The van der Waals surface area contributed by atoms with Crippen molar-refractivity contribution in [2.24, 2.45) is 11.5 Å². The van der Waals surface area contributed by atoms with Gasteiger partial charge in [0.25, 0.3) is 0 Å². The molecule has 0 bridgehead atoms. The topological polar surface area (TPSA) is 157 Å². The first-order valence-corrected chi connectivity index (χ1v) is 11.3. The Morgan fingerprint density at radius 1 is 0.703 bits per heavy atom. The zero-order valence-electron chi connectivity index (χ0n) is 21.1. The highest BCUT2D eigenvalue weighted by atomic mass is 16.6. The molecule has 0 fully saturated rings. The molecule has 10 heteroatoms. The van der Waals surface area contributed by atoms with Crippen LogP contribution in [0.5, 0.6) is 23.0 Å². The lowest BCUT2D eigenvalue weighted by molar-refractivity contribution is -0.136. The van der Waals surface area contributed by atoms with Gasteiger partial charge >= 0.3 is 11.9 Å². The number of esters is 2. The van der Waals surface area contributed by atoms with Gasteiger partial charge in [-0.3, -0.25) is 9.59 Å². The molecule has 0 amide bonds. The van der Waals surface area contributed by atoms with Gasteiger partial charge in [0.05, 0.1) is 20.6 Å². The van der Waals surface area contributed by atoms with E-state index in [1.165, 1.54) is 64.5 Å². The predicted octanol–water partition coefficient (Wildman–Crippen LogP) is 2.46. The number of carbonyl (C=O) groups excluding carboxylic acids is 4. The van der Waals surface area contributed by atoms with Crippen LogP contribution in [0.1, 0.15) is 31.4 Å². The Morgan fingerprint density at radius 3 is 1.41 bits per heavy atom. The van der Waals surface area contributed by atoms with E-state index in [4.69, 9.17) is 30.4 Å². The van der Waals surface area contributed by atoms with Gasteiger partial charge in [-0.25, -0.2) is 9.59 Å². The molecule has 4 N–H and O–H groups in total. The van der Waals surface area contributed by atoms with E-state index in [2.05, 4.69) is 0 Å². The number of benzene rings is 2. The van der Waals surface area contributed by atoms with Crippen LogP contribution in [-0.4, -0.2) is 49.8 Å². The minimum absolute atomic E-state index is 0.199. The van der Waals surface area contributed by atoms with Crippen molar-refractivity contribution in [2.45, 2.75) is 32.4 Å². The molecule has 2 rings (SSSR count). The molecule has 0 unspecified atom stereocenters. The van der Waals surface area contributed by atoms with Gasteiger partial charge in [0.1, 0.15) is 12.1 Å². The molecule has 0 aromatic heterocycles. The first kappa shape index (κ1) is 29.0. The molecule has 2 atom stereocenters. The van der Waals surface area contributed by atoms with Crippen molar-refractivity contribution in [3.05, 3.63) is 59.7 Å². The zero-order valence-corrected chi connectivity index (χ0v) is 21.1. The molecule has 2 aromatic rings. The third kappa shape index (κ3) is 9.02. The molecule has 0 radical (unpaired) electrons. The average Bonchev–Trinajstić information content (AvgIpc) is 2.87. The van der Waals surface area contributed by atoms with E-state index in [0.29, 0.717) is 11.1 Å². The van der Waals surface area contributed by atoms with Crippen LogP contribution in [0.15, 0.2) is 48.6 Å². The summed E-state index contributed by atoms with van der Waals surface area (Å²) >= 11 is 0. The Balaban J connectivity index is 2.00. The summed E-state index contributed by atoms with van der Waals surface area (Å²) in [6, 6.07) is 7.87. The summed E-state index contributed by atoms with van der Waals surface area (Å²) < 4.78 is 20.8. The van der Waals surface area contributed by atoms with E-state index in [-0.39, 0.29) is 29.4 Å². The maximum absolute atomic E-state index is 12.2. The van der Waals surface area contributed by atoms with Crippen molar-refractivity contribution >= 4 is 35.7 Å². The summed E-state index contributed by atoms with van der Waals surface area (Å²) in [5.41, 5.74) is 12.2. The van der Waals surface area contributed by atoms with E-state index in [1.807, 2.05) is 0 Å². The predicted molar refractivity (Wildman–Crippen MR) is 137 cm³/mol. The van der Waals surface area contributed by atoms with E-state index in [1.54, 1.807) is 24.3 Å². The second-order valence-corrected chi connectivity index (χ2v) is 8.02. The molecule has 0 spiro atoms. The van der Waals surface area contributed by atoms with Crippen LogP contribution >= 0.6 is 0 Å².